The molecular weight excluding hydrogens is 272 g/mol. The molecule has 0 radical (unpaired) electrons. The van der Waals surface area contributed by atoms with Gasteiger partial charge < -0.3 is 15.2 Å². The van der Waals surface area contributed by atoms with Crippen LogP contribution in [-0.2, 0) is 0 Å². The van der Waals surface area contributed by atoms with Crippen molar-refractivity contribution in [2.75, 3.05) is 5.32 Å². The molecule has 0 unspecified atom stereocenters. The fourth-order valence-electron chi connectivity index (χ4n) is 1.65. The molecule has 2 aromatic heterocycles. The fraction of sp³-hybridized carbons (Fsp3) is 0.286. The van der Waals surface area contributed by atoms with Crippen LogP contribution in [0.3, 0.4) is 0 Å². The number of carbonyl (C=O) groups is 2. The second-order valence-electron chi connectivity index (χ2n) is 4.87. The second-order valence-corrected chi connectivity index (χ2v) is 4.87. The number of rotatable bonds is 4. The average Bonchev–Trinajstić information content (AvgIpc) is 2.83. The first-order valence-electron chi connectivity index (χ1n) is 6.46. The lowest BCUT2D eigenvalue weighted by Crippen LogP contribution is -2.30. The van der Waals surface area contributed by atoms with E-state index in [0.717, 1.165) is 0 Å². The highest BCUT2D eigenvalue weighted by Crippen LogP contribution is 2.10. The van der Waals surface area contributed by atoms with E-state index in [1.807, 2.05) is 13.8 Å². The summed E-state index contributed by atoms with van der Waals surface area (Å²) in [4.78, 5) is 27.9. The normalized spacial score (nSPS) is 10.5. The number of anilines is 1. The molecule has 0 atom stereocenters. The van der Waals surface area contributed by atoms with Gasteiger partial charge in [-0.25, -0.2) is 0 Å². The standard InChI is InChI=1S/C14H16N4O3/c1-8(2)16-13(19)10-5-11(7-15-6-10)14(20)17-12-4-9(3)21-18-12/h4-8H,1-3H3,(H,16,19)(H,17,18,20). The Morgan fingerprint density at radius 3 is 2.38 bits per heavy atom. The number of aromatic nitrogens is 2. The summed E-state index contributed by atoms with van der Waals surface area (Å²) in [6.07, 6.45) is 2.79. The first-order chi connectivity index (χ1) is 9.95. The predicted molar refractivity (Wildman–Crippen MR) is 76.0 cm³/mol. The number of pyridine rings is 1. The molecule has 0 fully saturated rings. The lowest BCUT2D eigenvalue weighted by Gasteiger charge is -2.08. The Balaban J connectivity index is 2.13. The molecule has 110 valence electrons. The molecule has 2 N–H and O–H groups in total. The van der Waals surface area contributed by atoms with Crippen molar-refractivity contribution in [1.29, 1.82) is 0 Å². The zero-order chi connectivity index (χ0) is 15.4. The lowest BCUT2D eigenvalue weighted by atomic mass is 10.2. The van der Waals surface area contributed by atoms with Gasteiger partial charge in [-0.1, -0.05) is 5.16 Å². The van der Waals surface area contributed by atoms with Crippen molar-refractivity contribution in [3.05, 3.63) is 41.4 Å². The van der Waals surface area contributed by atoms with Crippen molar-refractivity contribution in [2.45, 2.75) is 26.8 Å². The molecule has 0 saturated heterocycles. The van der Waals surface area contributed by atoms with Gasteiger partial charge in [0.2, 0.25) is 0 Å². The molecule has 21 heavy (non-hydrogen) atoms. The monoisotopic (exact) mass is 288 g/mol. The minimum absolute atomic E-state index is 0.00749. The summed E-state index contributed by atoms with van der Waals surface area (Å²) in [6.45, 7) is 5.44. The first-order valence-corrected chi connectivity index (χ1v) is 6.46. The average molecular weight is 288 g/mol. The largest absolute Gasteiger partial charge is 0.360 e. The van der Waals surface area contributed by atoms with Gasteiger partial charge in [0, 0.05) is 24.5 Å². The predicted octanol–water partition coefficient (Wildman–Crippen LogP) is 1.77. The molecule has 7 nitrogen and oxygen atoms in total. The molecule has 2 heterocycles. The molecule has 0 aliphatic carbocycles. The van der Waals surface area contributed by atoms with Gasteiger partial charge in [-0.15, -0.1) is 0 Å². The maximum Gasteiger partial charge on any atom is 0.258 e. The minimum atomic E-state index is -0.407. The molecule has 0 bridgehead atoms. The van der Waals surface area contributed by atoms with Crippen LogP contribution in [-0.4, -0.2) is 28.0 Å². The molecule has 0 spiro atoms. The Morgan fingerprint density at radius 1 is 1.14 bits per heavy atom. The van der Waals surface area contributed by atoms with Crippen molar-refractivity contribution >= 4 is 17.6 Å². The van der Waals surface area contributed by atoms with E-state index in [-0.39, 0.29) is 17.5 Å². The van der Waals surface area contributed by atoms with Crippen LogP contribution in [0.15, 0.2) is 29.0 Å². The second kappa shape index (κ2) is 6.17. The summed E-state index contributed by atoms with van der Waals surface area (Å²) in [5.74, 6) is 0.224. The van der Waals surface area contributed by atoms with Gasteiger partial charge in [0.25, 0.3) is 11.8 Å². The first kappa shape index (κ1) is 14.7. The van der Waals surface area contributed by atoms with Crippen molar-refractivity contribution in [3.8, 4) is 0 Å². The van der Waals surface area contributed by atoms with E-state index in [2.05, 4.69) is 20.8 Å². The Hall–Kier alpha value is -2.70. The van der Waals surface area contributed by atoms with E-state index in [1.54, 1.807) is 13.0 Å². The number of carbonyl (C=O) groups excluding carboxylic acids is 2. The van der Waals surface area contributed by atoms with E-state index < -0.39 is 5.91 Å². The fourth-order valence-corrected chi connectivity index (χ4v) is 1.65. The molecule has 0 saturated carbocycles. The topological polar surface area (TPSA) is 97.1 Å². The van der Waals surface area contributed by atoms with Gasteiger partial charge in [0.1, 0.15) is 5.76 Å². The van der Waals surface area contributed by atoms with E-state index in [0.29, 0.717) is 17.1 Å². The summed E-state index contributed by atoms with van der Waals surface area (Å²) < 4.78 is 4.86. The van der Waals surface area contributed by atoms with Crippen LogP contribution in [0.5, 0.6) is 0 Å². The smallest absolute Gasteiger partial charge is 0.258 e. The van der Waals surface area contributed by atoms with Crippen LogP contribution in [0, 0.1) is 6.92 Å². The van der Waals surface area contributed by atoms with Crippen molar-refractivity contribution in [3.63, 3.8) is 0 Å². The highest BCUT2D eigenvalue weighted by atomic mass is 16.5. The van der Waals surface area contributed by atoms with Crippen LogP contribution < -0.4 is 10.6 Å². The molecular formula is C14H16N4O3. The molecule has 7 heteroatoms. The molecule has 2 aromatic rings. The van der Waals surface area contributed by atoms with Gasteiger partial charge in [0.15, 0.2) is 5.82 Å². The molecule has 2 rings (SSSR count). The van der Waals surface area contributed by atoms with E-state index in [9.17, 15) is 9.59 Å². The van der Waals surface area contributed by atoms with Gasteiger partial charge in [-0.2, -0.15) is 0 Å². The maximum atomic E-state index is 12.1. The van der Waals surface area contributed by atoms with Gasteiger partial charge in [0.05, 0.1) is 11.1 Å². The zero-order valence-corrected chi connectivity index (χ0v) is 12.0. The minimum Gasteiger partial charge on any atom is -0.360 e. The summed E-state index contributed by atoms with van der Waals surface area (Å²) in [5, 5.41) is 8.98. The van der Waals surface area contributed by atoms with E-state index in [4.69, 9.17) is 4.52 Å². The Bertz CT molecular complexity index is 664. The number of hydrogen-bond acceptors (Lipinski definition) is 5. The molecule has 0 aromatic carbocycles. The highest BCUT2D eigenvalue weighted by Gasteiger charge is 2.13. The third-order valence-electron chi connectivity index (χ3n) is 2.55. The summed E-state index contributed by atoms with van der Waals surface area (Å²) >= 11 is 0. The quantitative estimate of drug-likeness (QED) is 0.893. The maximum absolute atomic E-state index is 12.1. The number of aryl methyl sites for hydroxylation is 1. The van der Waals surface area contributed by atoms with Crippen molar-refractivity contribution in [1.82, 2.24) is 15.5 Å². The molecule has 0 aliphatic heterocycles. The third-order valence-corrected chi connectivity index (χ3v) is 2.55. The van der Waals surface area contributed by atoms with Crippen molar-refractivity contribution in [2.24, 2.45) is 0 Å². The molecule has 0 aliphatic rings. The van der Waals surface area contributed by atoms with E-state index >= 15 is 0 Å². The Kier molecular flexibility index (Phi) is 4.32. The number of hydrogen-bond donors (Lipinski definition) is 2. The van der Waals surface area contributed by atoms with Crippen LogP contribution in [0.25, 0.3) is 0 Å². The van der Waals surface area contributed by atoms with Gasteiger partial charge in [-0.3, -0.25) is 14.6 Å². The van der Waals surface area contributed by atoms with Crippen LogP contribution >= 0.6 is 0 Å². The summed E-state index contributed by atoms with van der Waals surface area (Å²) in [5.41, 5.74) is 0.597. The Labute approximate surface area is 121 Å². The highest BCUT2D eigenvalue weighted by molar-refractivity contribution is 6.05. The Morgan fingerprint density at radius 2 is 1.81 bits per heavy atom. The number of nitrogens with one attached hydrogen (secondary N) is 2. The zero-order valence-electron chi connectivity index (χ0n) is 12.0. The van der Waals surface area contributed by atoms with E-state index in [1.165, 1.54) is 18.5 Å². The van der Waals surface area contributed by atoms with Crippen molar-refractivity contribution < 1.29 is 14.1 Å². The summed E-state index contributed by atoms with van der Waals surface area (Å²) in [6, 6.07) is 3.08. The number of amides is 2. The lowest BCUT2D eigenvalue weighted by molar-refractivity contribution is 0.0942. The third kappa shape index (κ3) is 3.88. The van der Waals surface area contributed by atoms with Crippen LogP contribution in [0.2, 0.25) is 0 Å². The molecule has 2 amide bonds. The van der Waals surface area contributed by atoms with Crippen LogP contribution in [0.4, 0.5) is 5.82 Å². The van der Waals surface area contributed by atoms with Gasteiger partial charge >= 0.3 is 0 Å². The van der Waals surface area contributed by atoms with Gasteiger partial charge in [-0.05, 0) is 26.8 Å². The SMILES string of the molecule is Cc1cc(NC(=O)c2cncc(C(=O)NC(C)C)c2)no1. The summed E-state index contributed by atoms with van der Waals surface area (Å²) in [7, 11) is 0. The number of nitrogens with zero attached hydrogens (tertiary/aromatic N) is 2. The van der Waals surface area contributed by atoms with Crippen LogP contribution in [0.1, 0.15) is 40.3 Å².